The smallest absolute Gasteiger partial charge is 0.871 e. The molecular formula is C24H28N7O11Sm. The molecule has 0 saturated heterocycles. The molecule has 0 atom stereocenters. The molecule has 0 fully saturated rings. The van der Waals surface area contributed by atoms with Gasteiger partial charge in [0.2, 0.25) is 0 Å². The number of nitrogens with one attached hydrogen (secondary N) is 2. The van der Waals surface area contributed by atoms with Crippen LogP contribution in [-0.4, -0.2) is 66.3 Å². The summed E-state index contributed by atoms with van der Waals surface area (Å²) < 4.78 is 0. The minimum Gasteiger partial charge on any atom is -0.871 e. The van der Waals surface area contributed by atoms with Crippen molar-refractivity contribution in [2.24, 2.45) is 9.98 Å². The maximum absolute atomic E-state index is 12.6. The molecule has 4 bridgehead atoms. The Morgan fingerprint density at radius 3 is 1.23 bits per heavy atom. The van der Waals surface area contributed by atoms with Gasteiger partial charge >= 0.3 is 40.4 Å². The van der Waals surface area contributed by atoms with Gasteiger partial charge in [0.05, 0.1) is 21.7 Å². The predicted molar refractivity (Wildman–Crippen MR) is 148 cm³/mol. The topological polar surface area (TPSA) is 297 Å². The van der Waals surface area contributed by atoms with Crippen molar-refractivity contribution in [3.63, 3.8) is 0 Å². The standard InChI is InChI=1S/C24H28N4O2.3NO3.Sm/c1-17-9-19-13-25-5-3-7-27-15-21-11-18(2)12-22(24(21)30)16-28-8-4-6-26-14-20(10-17)23(19)29;3*2-1(3)4;/h9-16,29-30H,3-8H2,1-2H3;;;;/q;3*-1;+3. The molecule has 2 N–H and O–H groups in total. The van der Waals surface area contributed by atoms with Crippen LogP contribution in [0.4, 0.5) is 0 Å². The summed E-state index contributed by atoms with van der Waals surface area (Å²) in [5.74, 6) is -0.0415. The van der Waals surface area contributed by atoms with Gasteiger partial charge in [-0.1, -0.05) is 23.6 Å². The summed E-state index contributed by atoms with van der Waals surface area (Å²) in [6.45, 7) is 6.52. The van der Waals surface area contributed by atoms with Gasteiger partial charge in [-0.15, -0.1) is 0 Å². The second-order valence-electron chi connectivity index (χ2n) is 8.19. The van der Waals surface area contributed by atoms with E-state index in [-0.39, 0.29) is 51.9 Å². The Hall–Kier alpha value is -4.34. The van der Waals surface area contributed by atoms with Crippen LogP contribution in [-0.2, 0) is 0 Å². The summed E-state index contributed by atoms with van der Waals surface area (Å²) in [4.78, 5) is 39.9. The SMILES string of the molecule is Cc1cc2c([O-])c(c1)C=[NH+]CCC[NH+]=Cc1cc(C)cc(c1[O-])C=NCCCN=C2.O=[N+]([O-])[O-].O=[N+]([O-])[O-].O=[N+]([O-])[O-].[Sm+3]. The molecule has 0 aromatic heterocycles. The third-order valence-corrected chi connectivity index (χ3v) is 4.77. The molecular weight excluding hydrogens is 713 g/mol. The van der Waals surface area contributed by atoms with Crippen LogP contribution in [0.15, 0.2) is 34.3 Å². The fourth-order valence-corrected chi connectivity index (χ4v) is 3.30. The number of hydrogen-bond donors (Lipinski definition) is 2. The summed E-state index contributed by atoms with van der Waals surface area (Å²) in [5, 5.41) is 69.5. The number of hydrogen-bond acceptors (Lipinski definition) is 13. The molecule has 0 saturated carbocycles. The van der Waals surface area contributed by atoms with E-state index in [4.69, 9.17) is 46.0 Å². The Labute approximate surface area is 277 Å². The third-order valence-electron chi connectivity index (χ3n) is 4.77. The molecule has 231 valence electrons. The Bertz CT molecular complexity index is 1130. The van der Waals surface area contributed by atoms with Crippen molar-refractivity contribution in [2.45, 2.75) is 26.7 Å². The van der Waals surface area contributed by atoms with Gasteiger partial charge in [0, 0.05) is 36.6 Å². The molecule has 0 amide bonds. The summed E-state index contributed by atoms with van der Waals surface area (Å²) in [5.41, 5.74) is 4.52. The van der Waals surface area contributed by atoms with E-state index in [1.165, 1.54) is 0 Å². The molecule has 1 radical (unpaired) electrons. The first-order valence-electron chi connectivity index (χ1n) is 11.9. The van der Waals surface area contributed by atoms with Gasteiger partial charge in [0.1, 0.15) is 13.1 Å². The largest absolute Gasteiger partial charge is 3.00 e. The van der Waals surface area contributed by atoms with Gasteiger partial charge in [-0.2, -0.15) is 0 Å². The number of aliphatic imine (C=N–C) groups is 2. The molecule has 0 unspecified atom stereocenters. The fraction of sp³-hybridized carbons (Fsp3) is 0.333. The van der Waals surface area contributed by atoms with E-state index in [1.807, 2.05) is 38.1 Å². The molecule has 3 rings (SSSR count). The Kier molecular flexibility index (Phi) is 22.1. The van der Waals surface area contributed by atoms with Crippen molar-refractivity contribution >= 4 is 24.9 Å². The van der Waals surface area contributed by atoms with Crippen molar-refractivity contribution in [3.05, 3.63) is 104 Å². The summed E-state index contributed by atoms with van der Waals surface area (Å²) in [7, 11) is 0. The van der Waals surface area contributed by atoms with E-state index in [0.717, 1.165) is 24.0 Å². The van der Waals surface area contributed by atoms with E-state index in [1.54, 1.807) is 24.9 Å². The summed E-state index contributed by atoms with van der Waals surface area (Å²) in [6.07, 6.45) is 8.43. The molecule has 0 spiro atoms. The van der Waals surface area contributed by atoms with Crippen molar-refractivity contribution < 1.29 is 75.8 Å². The van der Waals surface area contributed by atoms with E-state index in [9.17, 15) is 10.2 Å². The zero-order valence-electron chi connectivity index (χ0n) is 23.0. The van der Waals surface area contributed by atoms with Crippen molar-refractivity contribution in [1.29, 1.82) is 0 Å². The number of rotatable bonds is 0. The van der Waals surface area contributed by atoms with Gasteiger partial charge < -0.3 is 56.2 Å². The van der Waals surface area contributed by atoms with Crippen LogP contribution in [0.5, 0.6) is 11.5 Å². The average Bonchev–Trinajstić information content (AvgIpc) is 2.86. The Balaban J connectivity index is 0. The first-order chi connectivity index (χ1) is 19.7. The van der Waals surface area contributed by atoms with Crippen LogP contribution >= 0.6 is 0 Å². The van der Waals surface area contributed by atoms with Crippen molar-refractivity contribution in [3.8, 4) is 11.5 Å². The number of benzene rings is 2. The van der Waals surface area contributed by atoms with Crippen molar-refractivity contribution in [2.75, 3.05) is 26.2 Å². The van der Waals surface area contributed by atoms with Crippen LogP contribution in [0.25, 0.3) is 0 Å². The number of nitrogens with zero attached hydrogens (tertiary/aromatic N) is 5. The van der Waals surface area contributed by atoms with Crippen molar-refractivity contribution in [1.82, 2.24) is 0 Å². The van der Waals surface area contributed by atoms with Crippen LogP contribution in [0.3, 0.4) is 0 Å². The Morgan fingerprint density at radius 1 is 0.605 bits per heavy atom. The van der Waals surface area contributed by atoms with Gasteiger partial charge in [-0.05, 0) is 54.7 Å². The zero-order valence-corrected chi connectivity index (χ0v) is 25.6. The first-order valence-corrected chi connectivity index (χ1v) is 11.9. The average molecular weight is 741 g/mol. The van der Waals surface area contributed by atoms with E-state index in [2.05, 4.69) is 20.0 Å². The minimum absolute atomic E-state index is 0. The number of fused-ring (bicyclic) bond motifs is 4. The maximum Gasteiger partial charge on any atom is 3.00 e. The molecule has 43 heavy (non-hydrogen) atoms. The summed E-state index contributed by atoms with van der Waals surface area (Å²) in [6, 6.07) is 7.48. The summed E-state index contributed by atoms with van der Waals surface area (Å²) >= 11 is 0. The molecule has 1 aliphatic heterocycles. The number of aryl methyl sites for hydroxylation is 2. The van der Waals surface area contributed by atoms with Gasteiger partial charge in [-0.25, -0.2) is 9.98 Å². The molecule has 0 aliphatic carbocycles. The molecule has 1 aliphatic rings. The van der Waals surface area contributed by atoms with Gasteiger partial charge in [-0.3, -0.25) is 9.98 Å². The second kappa shape index (κ2) is 23.2. The normalized spacial score (nSPS) is 12.3. The quantitative estimate of drug-likeness (QED) is 0.221. The monoisotopic (exact) mass is 742 g/mol. The third kappa shape index (κ3) is 21.1. The van der Waals surface area contributed by atoms with Crippen LogP contribution < -0.4 is 20.2 Å². The second-order valence-corrected chi connectivity index (χ2v) is 8.19. The zero-order chi connectivity index (χ0) is 32.1. The Morgan fingerprint density at radius 2 is 0.907 bits per heavy atom. The van der Waals surface area contributed by atoms with E-state index in [0.29, 0.717) is 48.4 Å². The maximum atomic E-state index is 12.6. The van der Waals surface area contributed by atoms with Crippen LogP contribution in [0.2, 0.25) is 0 Å². The van der Waals surface area contributed by atoms with Gasteiger partial charge in [0.25, 0.3) is 0 Å². The fourth-order valence-electron chi connectivity index (χ4n) is 3.30. The molecule has 18 nitrogen and oxygen atoms in total. The predicted octanol–water partition coefficient (Wildman–Crippen LogP) is -1.94. The van der Waals surface area contributed by atoms with Crippen LogP contribution in [0, 0.1) is 100 Å². The van der Waals surface area contributed by atoms with Crippen LogP contribution in [0.1, 0.15) is 46.2 Å². The minimum atomic E-state index is -1.75. The van der Waals surface area contributed by atoms with E-state index < -0.39 is 15.3 Å². The molecule has 19 heteroatoms. The molecule has 1 heterocycles. The molecule has 2 aromatic carbocycles. The van der Waals surface area contributed by atoms with E-state index >= 15 is 0 Å². The van der Waals surface area contributed by atoms with Gasteiger partial charge in [0.15, 0.2) is 12.4 Å². The first kappa shape index (κ1) is 40.8. The molecule has 2 aromatic rings.